The largest absolute Gasteiger partial charge is 0.294 e. The maximum Gasteiger partial charge on any atom is 0.0495 e. The van der Waals surface area contributed by atoms with Crippen molar-refractivity contribution >= 4 is 6.21 Å². The lowest BCUT2D eigenvalue weighted by Gasteiger charge is -2.01. The molecule has 1 aliphatic rings. The second kappa shape index (κ2) is 3.75. The molecule has 1 heteroatoms. The zero-order valence-electron chi connectivity index (χ0n) is 7.01. The lowest BCUT2D eigenvalue weighted by atomic mass is 10.2. The number of hydrogen-bond acceptors (Lipinski definition) is 1. The molecule has 0 N–H and O–H groups in total. The van der Waals surface area contributed by atoms with Gasteiger partial charge in [-0.05, 0) is 18.8 Å². The van der Waals surface area contributed by atoms with Gasteiger partial charge >= 0.3 is 0 Å². The van der Waals surface area contributed by atoms with Crippen LogP contribution < -0.4 is 0 Å². The molecule has 0 aliphatic heterocycles. The Morgan fingerprint density at radius 2 is 1.90 bits per heavy atom. The van der Waals surface area contributed by atoms with Gasteiger partial charge in [0, 0.05) is 12.3 Å². The molecule has 1 nitrogen and oxygen atoms in total. The van der Waals surface area contributed by atoms with Gasteiger partial charge in [-0.3, -0.25) is 4.99 Å². The first kappa shape index (κ1) is 7.77. The maximum atomic E-state index is 4.50. The van der Waals surface area contributed by atoms with Crippen molar-refractivity contribution in [2.24, 2.45) is 10.9 Å². The van der Waals surface area contributed by atoms with Crippen LogP contribution in [0.4, 0.5) is 0 Å². The average Bonchev–Trinajstić information content (AvgIpc) is 2.34. The van der Waals surface area contributed by atoms with Crippen molar-refractivity contribution in [2.75, 3.05) is 0 Å². The van der Waals surface area contributed by atoms with Crippen LogP contribution in [0.1, 0.15) is 39.5 Å². The smallest absolute Gasteiger partial charge is 0.0495 e. The van der Waals surface area contributed by atoms with E-state index in [1.165, 1.54) is 25.7 Å². The molecule has 58 valence electrons. The summed E-state index contributed by atoms with van der Waals surface area (Å²) in [5.74, 6) is 0.626. The normalized spacial score (nSPS) is 21.5. The quantitative estimate of drug-likeness (QED) is 0.521. The third-order valence-electron chi connectivity index (χ3n) is 1.92. The van der Waals surface area contributed by atoms with Crippen LogP contribution in [-0.2, 0) is 0 Å². The van der Waals surface area contributed by atoms with E-state index in [4.69, 9.17) is 0 Å². The Hall–Kier alpha value is -0.330. The minimum absolute atomic E-state index is 0.626. The molecule has 0 radical (unpaired) electrons. The molecule has 0 aromatic rings. The summed E-state index contributed by atoms with van der Waals surface area (Å²) in [6.45, 7) is 4.36. The highest BCUT2D eigenvalue weighted by Gasteiger charge is 2.11. The highest BCUT2D eigenvalue weighted by Crippen LogP contribution is 2.20. The van der Waals surface area contributed by atoms with Crippen molar-refractivity contribution in [3.05, 3.63) is 0 Å². The van der Waals surface area contributed by atoms with E-state index in [9.17, 15) is 0 Å². The molecule has 0 spiro atoms. The van der Waals surface area contributed by atoms with Crippen molar-refractivity contribution < 1.29 is 0 Å². The van der Waals surface area contributed by atoms with Crippen LogP contribution in [0.5, 0.6) is 0 Å². The van der Waals surface area contributed by atoms with Crippen molar-refractivity contribution in [1.82, 2.24) is 0 Å². The Balaban J connectivity index is 2.23. The lowest BCUT2D eigenvalue weighted by molar-refractivity contribution is 0.701. The van der Waals surface area contributed by atoms with Gasteiger partial charge in [-0.2, -0.15) is 0 Å². The minimum Gasteiger partial charge on any atom is -0.294 e. The highest BCUT2D eigenvalue weighted by atomic mass is 14.8. The topological polar surface area (TPSA) is 12.4 Å². The Kier molecular flexibility index (Phi) is 2.91. The lowest BCUT2D eigenvalue weighted by Crippen LogP contribution is -1.98. The molecule has 1 rings (SSSR count). The summed E-state index contributed by atoms with van der Waals surface area (Å²) in [5.41, 5.74) is 0. The standard InChI is InChI=1S/C9H17N/c1-8(2)7-10-9-5-3-4-6-9/h7-9H,3-6H2,1-2H3/b10-7+. The highest BCUT2D eigenvalue weighted by molar-refractivity contribution is 5.59. The second-order valence-electron chi connectivity index (χ2n) is 3.48. The molecule has 0 heterocycles. The molecule has 0 atom stereocenters. The van der Waals surface area contributed by atoms with E-state index in [2.05, 4.69) is 25.1 Å². The van der Waals surface area contributed by atoms with Crippen LogP contribution in [0.3, 0.4) is 0 Å². The average molecular weight is 139 g/mol. The molecule has 0 bridgehead atoms. The van der Waals surface area contributed by atoms with Gasteiger partial charge in [-0.25, -0.2) is 0 Å². The van der Waals surface area contributed by atoms with Gasteiger partial charge in [0.05, 0.1) is 0 Å². The molecule has 0 aromatic heterocycles. The predicted octanol–water partition coefficient (Wildman–Crippen LogP) is 2.66. The maximum absolute atomic E-state index is 4.50. The van der Waals surface area contributed by atoms with Crippen LogP contribution >= 0.6 is 0 Å². The van der Waals surface area contributed by atoms with E-state index in [0.29, 0.717) is 12.0 Å². The summed E-state index contributed by atoms with van der Waals surface area (Å²) < 4.78 is 0. The zero-order chi connectivity index (χ0) is 7.40. The summed E-state index contributed by atoms with van der Waals surface area (Å²) in [6.07, 6.45) is 7.52. The molecule has 0 saturated heterocycles. The van der Waals surface area contributed by atoms with E-state index in [-0.39, 0.29) is 0 Å². The van der Waals surface area contributed by atoms with Crippen LogP contribution in [-0.4, -0.2) is 12.3 Å². The summed E-state index contributed by atoms with van der Waals surface area (Å²) >= 11 is 0. The van der Waals surface area contributed by atoms with Gasteiger partial charge in [0.2, 0.25) is 0 Å². The number of nitrogens with zero attached hydrogens (tertiary/aromatic N) is 1. The summed E-state index contributed by atoms with van der Waals surface area (Å²) in [7, 11) is 0. The Bertz CT molecular complexity index is 110. The molecule has 0 amide bonds. The first-order valence-electron chi connectivity index (χ1n) is 4.32. The SMILES string of the molecule is CC(C)/C=N/C1CCCC1. The van der Waals surface area contributed by atoms with Crippen LogP contribution in [0.15, 0.2) is 4.99 Å². The summed E-state index contributed by atoms with van der Waals surface area (Å²) in [4.78, 5) is 4.50. The van der Waals surface area contributed by atoms with E-state index in [1.54, 1.807) is 0 Å². The molecule has 0 aromatic carbocycles. The van der Waals surface area contributed by atoms with Crippen LogP contribution in [0, 0.1) is 5.92 Å². The van der Waals surface area contributed by atoms with Crippen LogP contribution in [0.25, 0.3) is 0 Å². The fourth-order valence-electron chi connectivity index (χ4n) is 1.35. The number of hydrogen-bond donors (Lipinski definition) is 0. The molecule has 10 heavy (non-hydrogen) atoms. The number of aliphatic imine (C=N–C) groups is 1. The first-order chi connectivity index (χ1) is 4.79. The van der Waals surface area contributed by atoms with Gasteiger partial charge in [0.25, 0.3) is 0 Å². The fourth-order valence-corrected chi connectivity index (χ4v) is 1.35. The van der Waals surface area contributed by atoms with Crippen molar-refractivity contribution in [3.8, 4) is 0 Å². The predicted molar refractivity (Wildman–Crippen MR) is 45.6 cm³/mol. The Labute approximate surface area is 63.5 Å². The monoisotopic (exact) mass is 139 g/mol. The Morgan fingerprint density at radius 1 is 1.30 bits per heavy atom. The second-order valence-corrected chi connectivity index (χ2v) is 3.48. The van der Waals surface area contributed by atoms with E-state index >= 15 is 0 Å². The summed E-state index contributed by atoms with van der Waals surface area (Å²) in [5, 5.41) is 0. The first-order valence-corrected chi connectivity index (χ1v) is 4.32. The zero-order valence-corrected chi connectivity index (χ0v) is 7.01. The summed E-state index contributed by atoms with van der Waals surface area (Å²) in [6, 6.07) is 0.669. The molecular weight excluding hydrogens is 122 g/mol. The molecule has 0 unspecified atom stereocenters. The minimum atomic E-state index is 0.626. The fraction of sp³-hybridized carbons (Fsp3) is 0.889. The van der Waals surface area contributed by atoms with Gasteiger partial charge in [-0.15, -0.1) is 0 Å². The van der Waals surface area contributed by atoms with Crippen molar-refractivity contribution in [3.63, 3.8) is 0 Å². The van der Waals surface area contributed by atoms with Gasteiger partial charge in [0.1, 0.15) is 0 Å². The van der Waals surface area contributed by atoms with E-state index in [0.717, 1.165) is 0 Å². The molecule has 1 saturated carbocycles. The molecule has 1 aliphatic carbocycles. The third kappa shape index (κ3) is 2.51. The van der Waals surface area contributed by atoms with Crippen molar-refractivity contribution in [1.29, 1.82) is 0 Å². The van der Waals surface area contributed by atoms with E-state index < -0.39 is 0 Å². The van der Waals surface area contributed by atoms with Gasteiger partial charge in [-0.1, -0.05) is 26.7 Å². The molecule has 1 fully saturated rings. The number of rotatable bonds is 2. The van der Waals surface area contributed by atoms with Gasteiger partial charge in [0.15, 0.2) is 0 Å². The van der Waals surface area contributed by atoms with Crippen molar-refractivity contribution in [2.45, 2.75) is 45.6 Å². The van der Waals surface area contributed by atoms with Crippen LogP contribution in [0.2, 0.25) is 0 Å². The third-order valence-corrected chi connectivity index (χ3v) is 1.92. The molecular formula is C9H17N. The Morgan fingerprint density at radius 3 is 2.40 bits per heavy atom. The van der Waals surface area contributed by atoms with Gasteiger partial charge < -0.3 is 0 Å². The van der Waals surface area contributed by atoms with E-state index in [1.807, 2.05) is 0 Å².